The van der Waals surface area contributed by atoms with Crippen LogP contribution < -0.4 is 25.2 Å². The normalized spacial score (nSPS) is 16.3. The number of para-hydroxylation sites is 1. The summed E-state index contributed by atoms with van der Waals surface area (Å²) in [5.41, 5.74) is 8.47. The number of unbranched alkanes of at least 4 members (excludes halogenated alkanes) is 6. The van der Waals surface area contributed by atoms with E-state index in [0.717, 1.165) is 100 Å². The summed E-state index contributed by atoms with van der Waals surface area (Å²) in [4.78, 5) is 67.0. The maximum Gasteiger partial charge on any atom is 0.355 e. The van der Waals surface area contributed by atoms with Gasteiger partial charge >= 0.3 is 5.97 Å². The maximum absolute atomic E-state index is 13.6. The van der Waals surface area contributed by atoms with E-state index >= 15 is 0 Å². The lowest BCUT2D eigenvalue weighted by Crippen LogP contribution is -2.46. The molecule has 2 saturated heterocycles. The lowest BCUT2D eigenvalue weighted by atomic mass is 9.93. The van der Waals surface area contributed by atoms with Crippen LogP contribution in [0.2, 0.25) is 0 Å². The third kappa shape index (κ3) is 10.6. The predicted molar refractivity (Wildman–Crippen MR) is 282 cm³/mol. The molecule has 3 aromatic heterocycles. The lowest BCUT2D eigenvalue weighted by Gasteiger charge is -2.36. The highest BCUT2D eigenvalue weighted by Gasteiger charge is 2.32. The van der Waals surface area contributed by atoms with Gasteiger partial charge in [0.2, 0.25) is 11.8 Å². The summed E-state index contributed by atoms with van der Waals surface area (Å²) >= 11 is 1.44. The number of aromatic carboxylic acids is 1. The Morgan fingerprint density at radius 2 is 1.61 bits per heavy atom. The quantitative estimate of drug-likeness (QED) is 0.0550. The molecule has 7 aromatic rings. The van der Waals surface area contributed by atoms with Crippen LogP contribution >= 0.6 is 11.3 Å². The minimum atomic E-state index is -1.11. The lowest BCUT2D eigenvalue weighted by molar-refractivity contribution is -0.134. The van der Waals surface area contributed by atoms with Gasteiger partial charge in [-0.3, -0.25) is 34.6 Å². The molecule has 0 bridgehead atoms. The molecule has 0 radical (unpaired) electrons. The van der Waals surface area contributed by atoms with Crippen molar-refractivity contribution in [3.8, 4) is 16.9 Å². The van der Waals surface area contributed by atoms with Crippen LogP contribution in [0.4, 0.5) is 16.6 Å². The van der Waals surface area contributed by atoms with Crippen LogP contribution in [0.3, 0.4) is 0 Å². The predicted octanol–water partition coefficient (Wildman–Crippen LogP) is 9.52. The summed E-state index contributed by atoms with van der Waals surface area (Å²) in [7, 11) is 1.92. The van der Waals surface area contributed by atoms with Crippen molar-refractivity contribution in [2.24, 2.45) is 7.05 Å². The molecule has 1 atom stereocenters. The number of carbonyl (C=O) groups is 4. The van der Waals surface area contributed by atoms with Crippen LogP contribution in [0.1, 0.15) is 107 Å². The van der Waals surface area contributed by atoms with Crippen molar-refractivity contribution in [2.45, 2.75) is 83.6 Å². The fraction of sp³-hybridized carbons (Fsp3) is 0.375. The summed E-state index contributed by atoms with van der Waals surface area (Å²) in [6.07, 6.45) is 9.58. The zero-order valence-electron chi connectivity index (χ0n) is 41.0. The van der Waals surface area contributed by atoms with Gasteiger partial charge in [-0.25, -0.2) is 14.8 Å². The van der Waals surface area contributed by atoms with Gasteiger partial charge in [0.1, 0.15) is 11.6 Å². The van der Waals surface area contributed by atoms with Crippen molar-refractivity contribution in [1.29, 1.82) is 0 Å². The Morgan fingerprint density at radius 1 is 0.819 bits per heavy atom. The van der Waals surface area contributed by atoms with Gasteiger partial charge in [-0.05, 0) is 116 Å². The van der Waals surface area contributed by atoms with Crippen molar-refractivity contribution < 1.29 is 29.0 Å². The second kappa shape index (κ2) is 21.7. The molecule has 2 fully saturated rings. The Balaban J connectivity index is 0.651. The number of thiazole rings is 1. The molecule has 0 aliphatic carbocycles. The maximum atomic E-state index is 13.6. The van der Waals surface area contributed by atoms with Crippen LogP contribution in [-0.4, -0.2) is 99.3 Å². The van der Waals surface area contributed by atoms with Crippen molar-refractivity contribution in [3.63, 3.8) is 0 Å². The molecule has 72 heavy (non-hydrogen) atoms. The SMILES string of the molecule is Cc1c(OCCCCCCCCCN2CCN(c3ccc4c(C5CCC(=O)NC5=O)nn(C)c4c3)CC2)cccc1-c1ccc(N2CCc3cccc(C(=O)Nc4nc5ccccc5s4)c3C2)nc1C(=O)O. The number of carboxylic acids is 1. The molecule has 4 aromatic carbocycles. The molecule has 3 aliphatic heterocycles. The average molecular weight is 988 g/mol. The second-order valence-corrected chi connectivity index (χ2v) is 20.3. The summed E-state index contributed by atoms with van der Waals surface area (Å²) < 4.78 is 9.14. The number of hydrogen-bond donors (Lipinski definition) is 3. The number of fused-ring (bicyclic) bond motifs is 3. The van der Waals surface area contributed by atoms with Crippen molar-refractivity contribution >= 4 is 72.8 Å². The second-order valence-electron chi connectivity index (χ2n) is 19.2. The van der Waals surface area contributed by atoms with Gasteiger partial charge in [-0.15, -0.1) is 0 Å². The number of aryl methyl sites for hydroxylation is 1. The number of anilines is 3. The standard InChI is InChI=1S/C56H61N9O6S/c1-36-39(40-22-24-49(58-52(40)55(69)70)65-28-26-37-14-12-16-41(44(37)35-65)53(67)60-56-57-45-17-8-9-19-48(45)72-56)15-13-18-47(36)71-33-11-7-5-3-4-6-10-27-63-29-31-64(32-30-63)38-20-21-42-46(34-38)62(2)61-51(42)43-23-25-50(66)59-54(43)68/h8-9,12-22,24,34,43H,3-7,10-11,23,25-33,35H2,1-2H3,(H,69,70)(H,57,60,67)(H,59,66,68). The molecule has 10 rings (SSSR count). The van der Waals surface area contributed by atoms with Gasteiger partial charge < -0.3 is 19.6 Å². The van der Waals surface area contributed by atoms with Gasteiger partial charge in [0, 0.05) is 74.9 Å². The minimum Gasteiger partial charge on any atom is -0.493 e. The van der Waals surface area contributed by atoms with Gasteiger partial charge in [0.25, 0.3) is 5.91 Å². The zero-order valence-corrected chi connectivity index (χ0v) is 41.8. The van der Waals surface area contributed by atoms with E-state index in [9.17, 15) is 24.3 Å². The fourth-order valence-corrected chi connectivity index (χ4v) is 11.4. The molecule has 372 valence electrons. The van der Waals surface area contributed by atoms with Crippen LogP contribution in [0.5, 0.6) is 5.75 Å². The van der Waals surface area contributed by atoms with Crippen LogP contribution in [0.15, 0.2) is 91.0 Å². The number of rotatable bonds is 18. The number of piperidine rings is 1. The van der Waals surface area contributed by atoms with E-state index < -0.39 is 11.9 Å². The number of aromatic nitrogens is 4. The molecule has 6 heterocycles. The fourth-order valence-electron chi connectivity index (χ4n) is 10.6. The van der Waals surface area contributed by atoms with E-state index in [1.54, 1.807) is 0 Å². The van der Waals surface area contributed by atoms with Crippen LogP contribution in [-0.2, 0) is 29.6 Å². The van der Waals surface area contributed by atoms with E-state index in [4.69, 9.17) is 14.8 Å². The van der Waals surface area contributed by atoms with E-state index in [2.05, 4.69) is 43.6 Å². The number of carboxylic acid groups (broad SMARTS) is 1. The van der Waals surface area contributed by atoms with Crippen LogP contribution in [0, 0.1) is 6.92 Å². The summed E-state index contributed by atoms with van der Waals surface area (Å²) in [5.74, 6) is -0.916. The molecule has 1 unspecified atom stereocenters. The Hall–Kier alpha value is -7.17. The Bertz CT molecular complexity index is 3130. The first-order chi connectivity index (χ1) is 35.1. The molecule has 0 spiro atoms. The van der Waals surface area contributed by atoms with Crippen molar-refractivity contribution in [3.05, 3.63) is 125 Å². The summed E-state index contributed by atoms with van der Waals surface area (Å²) in [5, 5.41) is 22.1. The summed E-state index contributed by atoms with van der Waals surface area (Å²) in [6, 6.07) is 29.5. The zero-order chi connectivity index (χ0) is 49.7. The van der Waals surface area contributed by atoms with E-state index in [0.29, 0.717) is 61.0 Å². The molecule has 3 aliphatic rings. The third-order valence-electron chi connectivity index (χ3n) is 14.6. The smallest absolute Gasteiger partial charge is 0.355 e. The molecular weight excluding hydrogens is 927 g/mol. The molecule has 3 amide bonds. The Morgan fingerprint density at radius 3 is 2.42 bits per heavy atom. The van der Waals surface area contributed by atoms with Gasteiger partial charge in [0.05, 0.1) is 34.0 Å². The van der Waals surface area contributed by atoms with Gasteiger partial charge in [-0.1, -0.05) is 79.8 Å². The number of piperazine rings is 1. The number of pyridine rings is 1. The highest BCUT2D eigenvalue weighted by atomic mass is 32.1. The number of benzene rings is 4. The van der Waals surface area contributed by atoms with Gasteiger partial charge in [0.15, 0.2) is 10.8 Å². The monoisotopic (exact) mass is 987 g/mol. The number of carbonyl (C=O) groups excluding carboxylic acids is 3. The van der Waals surface area contributed by atoms with Crippen LogP contribution in [0.25, 0.3) is 32.2 Å². The molecular formula is C56H61N9O6S. The Kier molecular flexibility index (Phi) is 14.6. The highest BCUT2D eigenvalue weighted by molar-refractivity contribution is 7.22. The average Bonchev–Trinajstić information content (AvgIpc) is 3.96. The highest BCUT2D eigenvalue weighted by Crippen LogP contribution is 2.36. The topological polar surface area (TPSA) is 175 Å². The van der Waals surface area contributed by atoms with E-state index in [-0.39, 0.29) is 23.4 Å². The Labute approximate surface area is 423 Å². The van der Waals surface area contributed by atoms with E-state index in [1.807, 2.05) is 96.3 Å². The number of nitrogens with one attached hydrogen (secondary N) is 2. The number of hydrogen-bond acceptors (Lipinski definition) is 12. The van der Waals surface area contributed by atoms with Crippen molar-refractivity contribution in [2.75, 3.05) is 61.0 Å². The first-order valence-electron chi connectivity index (χ1n) is 25.4. The number of amides is 3. The number of ether oxygens (including phenoxy) is 1. The van der Waals surface area contributed by atoms with Crippen molar-refractivity contribution in [1.82, 2.24) is 30.0 Å². The number of nitrogens with zero attached hydrogens (tertiary/aromatic N) is 7. The minimum absolute atomic E-state index is 0.0243. The molecule has 3 N–H and O–H groups in total. The molecule has 16 heteroatoms. The third-order valence-corrected chi connectivity index (χ3v) is 15.5. The molecule has 0 saturated carbocycles. The number of imide groups is 1. The first-order valence-corrected chi connectivity index (χ1v) is 26.2. The first kappa shape index (κ1) is 48.5. The van der Waals surface area contributed by atoms with Gasteiger partial charge in [-0.2, -0.15) is 5.10 Å². The van der Waals surface area contributed by atoms with E-state index in [1.165, 1.54) is 49.1 Å². The largest absolute Gasteiger partial charge is 0.493 e. The molecule has 15 nitrogen and oxygen atoms in total. The summed E-state index contributed by atoms with van der Waals surface area (Å²) in [6.45, 7) is 8.74.